The lowest BCUT2D eigenvalue weighted by Gasteiger charge is -2.33. The van der Waals surface area contributed by atoms with Crippen LogP contribution in [0.25, 0.3) is 0 Å². The SMILES string of the molecule is O=C(N[C@@H]1CCCN(Cc2c(F)cccc2F)C1)[C@@H]1CCCO1. The lowest BCUT2D eigenvalue weighted by atomic mass is 10.0. The van der Waals surface area contributed by atoms with Gasteiger partial charge in [-0.2, -0.15) is 0 Å². The number of likely N-dealkylation sites (tertiary alicyclic amines) is 1. The maximum Gasteiger partial charge on any atom is 0.249 e. The van der Waals surface area contributed by atoms with E-state index in [1.165, 1.54) is 18.2 Å². The number of hydrogen-bond acceptors (Lipinski definition) is 3. The van der Waals surface area contributed by atoms with Gasteiger partial charge in [-0.25, -0.2) is 8.78 Å². The minimum Gasteiger partial charge on any atom is -0.368 e. The van der Waals surface area contributed by atoms with Crippen LogP contribution < -0.4 is 5.32 Å². The summed E-state index contributed by atoms with van der Waals surface area (Å²) >= 11 is 0. The molecule has 0 bridgehead atoms. The highest BCUT2D eigenvalue weighted by Crippen LogP contribution is 2.19. The average molecular weight is 324 g/mol. The van der Waals surface area contributed by atoms with Crippen LogP contribution in [-0.2, 0) is 16.1 Å². The van der Waals surface area contributed by atoms with Crippen LogP contribution in [0.1, 0.15) is 31.2 Å². The van der Waals surface area contributed by atoms with E-state index in [0.29, 0.717) is 13.2 Å². The summed E-state index contributed by atoms with van der Waals surface area (Å²) in [7, 11) is 0. The fourth-order valence-corrected chi connectivity index (χ4v) is 3.30. The Morgan fingerprint density at radius 2 is 2.04 bits per heavy atom. The topological polar surface area (TPSA) is 41.6 Å². The Kier molecular flexibility index (Phi) is 5.23. The molecule has 3 rings (SSSR count). The van der Waals surface area contributed by atoms with Gasteiger partial charge in [-0.1, -0.05) is 6.07 Å². The van der Waals surface area contributed by atoms with Crippen molar-refractivity contribution < 1.29 is 18.3 Å². The third kappa shape index (κ3) is 4.06. The first-order valence-corrected chi connectivity index (χ1v) is 8.20. The van der Waals surface area contributed by atoms with Gasteiger partial charge in [0.25, 0.3) is 0 Å². The first-order chi connectivity index (χ1) is 11.1. The second-order valence-corrected chi connectivity index (χ2v) is 6.28. The van der Waals surface area contributed by atoms with Gasteiger partial charge in [-0.05, 0) is 44.4 Å². The smallest absolute Gasteiger partial charge is 0.249 e. The van der Waals surface area contributed by atoms with Crippen LogP contribution in [0.15, 0.2) is 18.2 Å². The van der Waals surface area contributed by atoms with Gasteiger partial charge in [0.15, 0.2) is 0 Å². The fraction of sp³-hybridized carbons (Fsp3) is 0.588. The summed E-state index contributed by atoms with van der Waals surface area (Å²) in [6.45, 7) is 2.25. The van der Waals surface area contributed by atoms with Crippen LogP contribution in [0.4, 0.5) is 8.78 Å². The van der Waals surface area contributed by atoms with Gasteiger partial charge in [0.2, 0.25) is 5.91 Å². The zero-order valence-electron chi connectivity index (χ0n) is 13.1. The highest BCUT2D eigenvalue weighted by atomic mass is 19.1. The monoisotopic (exact) mass is 324 g/mol. The molecule has 126 valence electrons. The van der Waals surface area contributed by atoms with E-state index < -0.39 is 11.6 Å². The van der Waals surface area contributed by atoms with Gasteiger partial charge in [0.05, 0.1) is 0 Å². The van der Waals surface area contributed by atoms with Crippen molar-refractivity contribution in [2.24, 2.45) is 0 Å². The molecule has 2 saturated heterocycles. The zero-order valence-corrected chi connectivity index (χ0v) is 13.1. The maximum absolute atomic E-state index is 13.8. The van der Waals surface area contributed by atoms with E-state index >= 15 is 0 Å². The molecule has 2 atom stereocenters. The minimum absolute atomic E-state index is 0.00952. The largest absolute Gasteiger partial charge is 0.368 e. The van der Waals surface area contributed by atoms with E-state index in [0.717, 1.165) is 32.2 Å². The Balaban J connectivity index is 1.56. The molecule has 2 fully saturated rings. The zero-order chi connectivity index (χ0) is 16.2. The molecule has 1 aromatic rings. The normalized spacial score (nSPS) is 25.5. The van der Waals surface area contributed by atoms with E-state index in [1.54, 1.807) is 0 Å². The van der Waals surface area contributed by atoms with Gasteiger partial charge in [0.1, 0.15) is 17.7 Å². The first-order valence-electron chi connectivity index (χ1n) is 8.20. The van der Waals surface area contributed by atoms with E-state index in [1.807, 2.05) is 4.90 Å². The van der Waals surface area contributed by atoms with E-state index in [2.05, 4.69) is 5.32 Å². The molecule has 0 aliphatic carbocycles. The van der Waals surface area contributed by atoms with Gasteiger partial charge in [-0.3, -0.25) is 9.69 Å². The molecule has 0 aromatic heterocycles. The van der Waals surface area contributed by atoms with Crippen LogP contribution >= 0.6 is 0 Å². The predicted molar refractivity (Wildman–Crippen MR) is 81.8 cm³/mol. The number of amides is 1. The molecule has 1 amide bonds. The van der Waals surface area contributed by atoms with Crippen molar-refractivity contribution in [1.82, 2.24) is 10.2 Å². The Morgan fingerprint density at radius 1 is 1.26 bits per heavy atom. The number of hydrogen-bond donors (Lipinski definition) is 1. The highest BCUT2D eigenvalue weighted by molar-refractivity contribution is 5.81. The number of nitrogens with zero attached hydrogens (tertiary/aromatic N) is 1. The summed E-state index contributed by atoms with van der Waals surface area (Å²) in [5.74, 6) is -1.10. The summed E-state index contributed by atoms with van der Waals surface area (Å²) in [5, 5.41) is 3.01. The Bertz CT molecular complexity index is 541. The highest BCUT2D eigenvalue weighted by Gasteiger charge is 2.28. The van der Waals surface area contributed by atoms with Crippen molar-refractivity contribution >= 4 is 5.91 Å². The number of ether oxygens (including phenoxy) is 1. The van der Waals surface area contributed by atoms with Crippen LogP contribution in [0.5, 0.6) is 0 Å². The standard InChI is InChI=1S/C17H22F2N2O2/c18-14-5-1-6-15(19)13(14)11-21-8-2-4-12(10-21)20-17(22)16-7-3-9-23-16/h1,5-6,12,16H,2-4,7-11H2,(H,20,22)/t12-,16+/m1/s1. The number of carbonyl (C=O) groups is 1. The fourth-order valence-electron chi connectivity index (χ4n) is 3.30. The summed E-state index contributed by atoms with van der Waals surface area (Å²) in [5.41, 5.74) is 0.0959. The minimum atomic E-state index is -0.518. The molecule has 4 nitrogen and oxygen atoms in total. The van der Waals surface area contributed by atoms with Gasteiger partial charge in [-0.15, -0.1) is 0 Å². The van der Waals surface area contributed by atoms with Crippen LogP contribution in [0.3, 0.4) is 0 Å². The number of benzene rings is 1. The van der Waals surface area contributed by atoms with Crippen molar-refractivity contribution in [3.05, 3.63) is 35.4 Å². The quantitative estimate of drug-likeness (QED) is 0.923. The number of halogens is 2. The second kappa shape index (κ2) is 7.36. The summed E-state index contributed by atoms with van der Waals surface area (Å²) in [4.78, 5) is 14.1. The van der Waals surface area contributed by atoms with Crippen molar-refractivity contribution in [3.63, 3.8) is 0 Å². The lowest BCUT2D eigenvalue weighted by Crippen LogP contribution is -2.49. The molecule has 6 heteroatoms. The molecule has 0 radical (unpaired) electrons. The predicted octanol–water partition coefficient (Wildman–Crippen LogP) is 2.22. The molecule has 23 heavy (non-hydrogen) atoms. The maximum atomic E-state index is 13.8. The third-order valence-corrected chi connectivity index (χ3v) is 4.52. The van der Waals surface area contributed by atoms with Gasteiger partial charge < -0.3 is 10.1 Å². The van der Waals surface area contributed by atoms with E-state index in [4.69, 9.17) is 4.74 Å². The molecule has 2 aliphatic heterocycles. The summed E-state index contributed by atoms with van der Waals surface area (Å²) in [6, 6.07) is 3.93. The van der Waals surface area contributed by atoms with Gasteiger partial charge >= 0.3 is 0 Å². The molecule has 2 heterocycles. The lowest BCUT2D eigenvalue weighted by molar-refractivity contribution is -0.131. The molecule has 0 spiro atoms. The number of nitrogens with one attached hydrogen (secondary N) is 1. The average Bonchev–Trinajstić information content (AvgIpc) is 3.06. The third-order valence-electron chi connectivity index (χ3n) is 4.52. The number of carbonyl (C=O) groups excluding carboxylic acids is 1. The van der Waals surface area contributed by atoms with Crippen molar-refractivity contribution in [2.45, 2.75) is 44.4 Å². The van der Waals surface area contributed by atoms with Crippen molar-refractivity contribution in [2.75, 3.05) is 19.7 Å². The molecule has 1 aromatic carbocycles. The molecular formula is C17H22F2N2O2. The molecule has 1 N–H and O–H groups in total. The molecule has 2 aliphatic rings. The number of rotatable bonds is 4. The van der Waals surface area contributed by atoms with Crippen LogP contribution in [0, 0.1) is 11.6 Å². The van der Waals surface area contributed by atoms with E-state index in [-0.39, 0.29) is 30.2 Å². The first kappa shape index (κ1) is 16.3. The Morgan fingerprint density at radius 3 is 2.74 bits per heavy atom. The summed E-state index contributed by atoms with van der Waals surface area (Å²) < 4.78 is 32.9. The second-order valence-electron chi connectivity index (χ2n) is 6.28. The van der Waals surface area contributed by atoms with Crippen LogP contribution in [0.2, 0.25) is 0 Å². The van der Waals surface area contributed by atoms with Crippen LogP contribution in [-0.4, -0.2) is 42.6 Å². The van der Waals surface area contributed by atoms with Crippen molar-refractivity contribution in [1.29, 1.82) is 0 Å². The molecule has 0 unspecified atom stereocenters. The Labute approximate surface area is 134 Å². The Hall–Kier alpha value is -1.53. The number of piperidine rings is 1. The van der Waals surface area contributed by atoms with Crippen molar-refractivity contribution in [3.8, 4) is 0 Å². The van der Waals surface area contributed by atoms with E-state index in [9.17, 15) is 13.6 Å². The van der Waals surface area contributed by atoms with Gasteiger partial charge in [0, 0.05) is 31.3 Å². The molecule has 0 saturated carbocycles. The molecular weight excluding hydrogens is 302 g/mol. The summed E-state index contributed by atoms with van der Waals surface area (Å²) in [6.07, 6.45) is 3.13.